The van der Waals surface area contributed by atoms with Crippen molar-refractivity contribution in [3.63, 3.8) is 0 Å². The highest BCUT2D eigenvalue weighted by Crippen LogP contribution is 2.41. The van der Waals surface area contributed by atoms with Gasteiger partial charge in [0.1, 0.15) is 17.5 Å². The van der Waals surface area contributed by atoms with E-state index in [2.05, 4.69) is 36.4 Å². The average molecular weight is 346 g/mol. The molecule has 0 aromatic heterocycles. The summed E-state index contributed by atoms with van der Waals surface area (Å²) in [4.78, 5) is 0. The Kier molecular flexibility index (Phi) is 4.74. The van der Waals surface area contributed by atoms with Crippen LogP contribution in [0.4, 0.5) is 0 Å². The summed E-state index contributed by atoms with van der Waals surface area (Å²) in [5, 5.41) is 0. The van der Waals surface area contributed by atoms with Gasteiger partial charge < -0.3 is 14.2 Å². The maximum absolute atomic E-state index is 6.62. The lowest BCUT2D eigenvalue weighted by atomic mass is 9.80. The first-order valence-electron chi connectivity index (χ1n) is 8.84. The minimum atomic E-state index is -0.694. The summed E-state index contributed by atoms with van der Waals surface area (Å²) >= 11 is 0. The Morgan fingerprint density at radius 3 is 1.77 bits per heavy atom. The maximum atomic E-state index is 6.62. The molecule has 1 saturated heterocycles. The molecule has 0 radical (unpaired) electrons. The molecule has 3 nitrogen and oxygen atoms in total. The average Bonchev–Trinajstić information content (AvgIpc) is 3.55. The summed E-state index contributed by atoms with van der Waals surface area (Å²) in [7, 11) is 1.68. The minimum absolute atomic E-state index is 0.181. The first-order chi connectivity index (χ1) is 12.8. The Hall–Kier alpha value is -2.62. The Labute approximate surface area is 154 Å². The van der Waals surface area contributed by atoms with Crippen molar-refractivity contribution in [2.24, 2.45) is 0 Å². The fourth-order valence-corrected chi connectivity index (χ4v) is 3.30. The monoisotopic (exact) mass is 346 g/mol. The van der Waals surface area contributed by atoms with Crippen molar-refractivity contribution in [1.82, 2.24) is 0 Å². The molecule has 1 fully saturated rings. The van der Waals surface area contributed by atoms with Crippen LogP contribution in [0.1, 0.15) is 16.7 Å². The molecule has 0 amide bonds. The van der Waals surface area contributed by atoms with E-state index < -0.39 is 5.60 Å². The van der Waals surface area contributed by atoms with Crippen molar-refractivity contribution < 1.29 is 14.2 Å². The lowest BCUT2D eigenvalue weighted by Gasteiger charge is -2.36. The smallest absolute Gasteiger partial charge is 0.143 e. The van der Waals surface area contributed by atoms with Crippen LogP contribution in [-0.2, 0) is 15.1 Å². The van der Waals surface area contributed by atoms with Crippen molar-refractivity contribution in [2.75, 3.05) is 20.3 Å². The van der Waals surface area contributed by atoms with Gasteiger partial charge >= 0.3 is 0 Å². The summed E-state index contributed by atoms with van der Waals surface area (Å²) in [5.41, 5.74) is 2.56. The minimum Gasteiger partial charge on any atom is -0.497 e. The molecule has 1 aliphatic heterocycles. The van der Waals surface area contributed by atoms with E-state index in [0.717, 1.165) is 29.0 Å². The molecule has 0 aliphatic carbocycles. The van der Waals surface area contributed by atoms with Crippen LogP contribution in [0.5, 0.6) is 5.75 Å². The molecule has 0 unspecified atom stereocenters. The molecule has 3 aromatic carbocycles. The van der Waals surface area contributed by atoms with Crippen molar-refractivity contribution >= 4 is 0 Å². The SMILES string of the molecule is COc1ccc(C(OC[C@@H]2CO2)(c2ccccc2)c2ccccc2)cc1. The molecule has 3 aromatic rings. The predicted octanol–water partition coefficient (Wildman–Crippen LogP) is 4.40. The Balaban J connectivity index is 1.89. The highest BCUT2D eigenvalue weighted by atomic mass is 16.6. The third-order valence-corrected chi connectivity index (χ3v) is 4.75. The van der Waals surface area contributed by atoms with Crippen LogP contribution >= 0.6 is 0 Å². The first-order valence-corrected chi connectivity index (χ1v) is 8.84. The van der Waals surface area contributed by atoms with Crippen molar-refractivity contribution in [3.8, 4) is 5.75 Å². The zero-order valence-electron chi connectivity index (χ0n) is 14.8. The van der Waals surface area contributed by atoms with Gasteiger partial charge in [0.05, 0.1) is 20.3 Å². The molecular weight excluding hydrogens is 324 g/mol. The fourth-order valence-electron chi connectivity index (χ4n) is 3.30. The largest absolute Gasteiger partial charge is 0.497 e. The highest BCUT2D eigenvalue weighted by Gasteiger charge is 2.39. The fraction of sp³-hybridized carbons (Fsp3) is 0.217. The van der Waals surface area contributed by atoms with E-state index >= 15 is 0 Å². The lowest BCUT2D eigenvalue weighted by molar-refractivity contribution is 0.00429. The third kappa shape index (κ3) is 3.24. The topological polar surface area (TPSA) is 31.0 Å². The van der Waals surface area contributed by atoms with Gasteiger partial charge in [-0.2, -0.15) is 0 Å². The second-order valence-electron chi connectivity index (χ2n) is 6.41. The Bertz CT molecular complexity index is 785. The normalized spacial score (nSPS) is 16.3. The number of methoxy groups -OCH3 is 1. The third-order valence-electron chi connectivity index (χ3n) is 4.75. The molecule has 3 heteroatoms. The molecule has 1 heterocycles. The Morgan fingerprint density at radius 2 is 1.31 bits per heavy atom. The van der Waals surface area contributed by atoms with Gasteiger partial charge in [0.15, 0.2) is 0 Å². The number of epoxide rings is 1. The molecule has 1 aliphatic rings. The van der Waals surface area contributed by atoms with Crippen molar-refractivity contribution in [1.29, 1.82) is 0 Å². The van der Waals surface area contributed by atoms with Crippen molar-refractivity contribution in [2.45, 2.75) is 11.7 Å². The van der Waals surface area contributed by atoms with Crippen LogP contribution in [0.3, 0.4) is 0 Å². The van der Waals surface area contributed by atoms with E-state index in [0.29, 0.717) is 6.61 Å². The van der Waals surface area contributed by atoms with E-state index in [-0.39, 0.29) is 6.10 Å². The van der Waals surface area contributed by atoms with Gasteiger partial charge in [-0.1, -0.05) is 72.8 Å². The molecular formula is C23H22O3. The van der Waals surface area contributed by atoms with E-state index in [1.807, 2.05) is 48.5 Å². The number of rotatable bonds is 7. The quantitative estimate of drug-likeness (QED) is 0.469. The van der Waals surface area contributed by atoms with Gasteiger partial charge in [0.2, 0.25) is 0 Å². The van der Waals surface area contributed by atoms with E-state index in [9.17, 15) is 0 Å². The molecule has 132 valence electrons. The maximum Gasteiger partial charge on any atom is 0.143 e. The van der Waals surface area contributed by atoms with E-state index in [4.69, 9.17) is 14.2 Å². The molecule has 0 bridgehead atoms. The molecule has 4 rings (SSSR count). The number of benzene rings is 3. The van der Waals surface area contributed by atoms with Gasteiger partial charge in [0, 0.05) is 0 Å². The molecule has 0 saturated carbocycles. The van der Waals surface area contributed by atoms with Crippen LogP contribution in [0.15, 0.2) is 84.9 Å². The highest BCUT2D eigenvalue weighted by molar-refractivity contribution is 5.48. The zero-order valence-corrected chi connectivity index (χ0v) is 14.8. The van der Waals surface area contributed by atoms with Crippen LogP contribution in [0.25, 0.3) is 0 Å². The number of ether oxygens (including phenoxy) is 3. The first kappa shape index (κ1) is 16.8. The van der Waals surface area contributed by atoms with Crippen LogP contribution in [0.2, 0.25) is 0 Å². The zero-order chi connectivity index (χ0) is 17.8. The standard InChI is InChI=1S/C23H22O3/c1-24-21-14-12-20(13-15-21)23(26-17-22-16-25-22,18-8-4-2-5-9-18)19-10-6-3-7-11-19/h2-15,22H,16-17H2,1H3/t22-/m0/s1. The van der Waals surface area contributed by atoms with Gasteiger partial charge in [-0.25, -0.2) is 0 Å². The van der Waals surface area contributed by atoms with Crippen LogP contribution in [0, 0.1) is 0 Å². The van der Waals surface area contributed by atoms with Gasteiger partial charge in [-0.15, -0.1) is 0 Å². The second kappa shape index (κ2) is 7.32. The van der Waals surface area contributed by atoms with Crippen molar-refractivity contribution in [3.05, 3.63) is 102 Å². The van der Waals surface area contributed by atoms with Crippen LogP contribution in [-0.4, -0.2) is 26.4 Å². The van der Waals surface area contributed by atoms with Crippen LogP contribution < -0.4 is 4.74 Å². The van der Waals surface area contributed by atoms with E-state index in [1.165, 1.54) is 0 Å². The molecule has 0 spiro atoms. The summed E-state index contributed by atoms with van der Waals surface area (Å²) in [6, 6.07) is 28.8. The molecule has 1 atom stereocenters. The Morgan fingerprint density at radius 1 is 0.808 bits per heavy atom. The van der Waals surface area contributed by atoms with Gasteiger partial charge in [-0.3, -0.25) is 0 Å². The lowest BCUT2D eigenvalue weighted by Crippen LogP contribution is -2.34. The number of hydrogen-bond acceptors (Lipinski definition) is 3. The predicted molar refractivity (Wildman–Crippen MR) is 101 cm³/mol. The van der Waals surface area contributed by atoms with Gasteiger partial charge in [0.25, 0.3) is 0 Å². The molecule has 0 N–H and O–H groups in total. The van der Waals surface area contributed by atoms with E-state index in [1.54, 1.807) is 7.11 Å². The second-order valence-corrected chi connectivity index (χ2v) is 6.41. The summed E-state index contributed by atoms with van der Waals surface area (Å²) in [6.45, 7) is 1.32. The summed E-state index contributed by atoms with van der Waals surface area (Å²) in [6.07, 6.45) is 0.181. The summed E-state index contributed by atoms with van der Waals surface area (Å²) < 4.78 is 17.4. The molecule has 26 heavy (non-hydrogen) atoms. The van der Waals surface area contributed by atoms with Gasteiger partial charge in [-0.05, 0) is 28.8 Å². The number of hydrogen-bond donors (Lipinski definition) is 0. The summed E-state index contributed by atoms with van der Waals surface area (Å²) in [5.74, 6) is 0.828.